The lowest BCUT2D eigenvalue weighted by Gasteiger charge is -2.03. The fourth-order valence-electron chi connectivity index (χ4n) is 2.27. The number of fused-ring (bicyclic) bond motifs is 1. The second-order valence-corrected chi connectivity index (χ2v) is 6.35. The average Bonchev–Trinajstić information content (AvgIpc) is 3.04. The lowest BCUT2D eigenvalue weighted by Crippen LogP contribution is -2.11. The Balaban J connectivity index is 1.91. The van der Waals surface area contributed by atoms with E-state index in [0.717, 1.165) is 24.8 Å². The number of nitriles is 1. The van der Waals surface area contributed by atoms with Crippen molar-refractivity contribution in [2.45, 2.75) is 19.3 Å². The van der Waals surface area contributed by atoms with Crippen LogP contribution in [0.15, 0.2) is 11.4 Å². The third-order valence-corrected chi connectivity index (χ3v) is 5.30. The standard InChI is InChI=1S/C13H11N3OS2/c14-6-8-7-2-1-3-10(7)19-13(8)16-12(17)11-9(15)4-5-18-11/h4-5H,1-3,15H2,(H,16,17). The van der Waals surface area contributed by atoms with Crippen molar-refractivity contribution in [3.8, 4) is 6.07 Å². The van der Waals surface area contributed by atoms with Gasteiger partial charge in [-0.25, -0.2) is 0 Å². The van der Waals surface area contributed by atoms with Gasteiger partial charge in [0, 0.05) is 4.88 Å². The van der Waals surface area contributed by atoms with Gasteiger partial charge in [0.2, 0.25) is 0 Å². The first-order valence-corrected chi connectivity index (χ1v) is 7.59. The van der Waals surface area contributed by atoms with E-state index in [1.54, 1.807) is 11.4 Å². The Morgan fingerprint density at radius 1 is 1.47 bits per heavy atom. The summed E-state index contributed by atoms with van der Waals surface area (Å²) in [6, 6.07) is 3.92. The SMILES string of the molecule is N#Cc1c(NC(=O)c2sccc2N)sc2c1CCC2. The fourth-order valence-corrected chi connectivity index (χ4v) is 4.22. The number of nitrogen functional groups attached to an aromatic ring is 1. The van der Waals surface area contributed by atoms with E-state index in [-0.39, 0.29) is 5.91 Å². The van der Waals surface area contributed by atoms with E-state index in [4.69, 9.17) is 5.73 Å². The molecule has 3 rings (SSSR count). The number of thiophene rings is 2. The molecule has 3 N–H and O–H groups in total. The number of rotatable bonds is 2. The number of nitrogens with two attached hydrogens (primary N) is 1. The summed E-state index contributed by atoms with van der Waals surface area (Å²) in [5, 5.41) is 14.5. The van der Waals surface area contributed by atoms with Gasteiger partial charge >= 0.3 is 0 Å². The van der Waals surface area contributed by atoms with Crippen LogP contribution in [0.3, 0.4) is 0 Å². The third kappa shape index (κ3) is 2.01. The molecular weight excluding hydrogens is 278 g/mol. The van der Waals surface area contributed by atoms with Gasteiger partial charge in [-0.2, -0.15) is 5.26 Å². The summed E-state index contributed by atoms with van der Waals surface area (Å²) in [5.41, 5.74) is 7.94. The molecule has 0 aliphatic heterocycles. The van der Waals surface area contributed by atoms with Gasteiger partial charge in [-0.15, -0.1) is 22.7 Å². The van der Waals surface area contributed by atoms with Crippen LogP contribution in [0, 0.1) is 11.3 Å². The molecule has 0 radical (unpaired) electrons. The highest BCUT2D eigenvalue weighted by Crippen LogP contribution is 2.39. The Morgan fingerprint density at radius 3 is 3.00 bits per heavy atom. The predicted octanol–water partition coefficient (Wildman–Crippen LogP) is 3.00. The predicted molar refractivity (Wildman–Crippen MR) is 77.7 cm³/mol. The molecule has 96 valence electrons. The first-order chi connectivity index (χ1) is 9.20. The first kappa shape index (κ1) is 12.2. The molecule has 6 heteroatoms. The summed E-state index contributed by atoms with van der Waals surface area (Å²) < 4.78 is 0. The summed E-state index contributed by atoms with van der Waals surface area (Å²) in [4.78, 5) is 13.8. The Labute approximate surface area is 118 Å². The third-order valence-electron chi connectivity index (χ3n) is 3.16. The lowest BCUT2D eigenvalue weighted by molar-refractivity contribution is 0.103. The summed E-state index contributed by atoms with van der Waals surface area (Å²) >= 11 is 2.82. The molecule has 0 saturated carbocycles. The number of nitrogens with zero attached hydrogens (tertiary/aromatic N) is 1. The van der Waals surface area contributed by atoms with E-state index in [1.165, 1.54) is 27.6 Å². The van der Waals surface area contributed by atoms with Gasteiger partial charge in [-0.1, -0.05) is 0 Å². The van der Waals surface area contributed by atoms with Crippen molar-refractivity contribution in [1.82, 2.24) is 0 Å². The summed E-state index contributed by atoms with van der Waals surface area (Å²) in [6.07, 6.45) is 3.04. The smallest absolute Gasteiger partial charge is 0.268 e. The van der Waals surface area contributed by atoms with Crippen molar-refractivity contribution in [2.24, 2.45) is 0 Å². The van der Waals surface area contributed by atoms with Crippen LogP contribution in [0.25, 0.3) is 0 Å². The number of hydrogen-bond donors (Lipinski definition) is 2. The van der Waals surface area contributed by atoms with E-state index in [0.29, 0.717) is 21.1 Å². The molecule has 0 bridgehead atoms. The molecule has 1 aliphatic rings. The van der Waals surface area contributed by atoms with Crippen LogP contribution in [-0.4, -0.2) is 5.91 Å². The second kappa shape index (κ2) is 4.68. The van der Waals surface area contributed by atoms with Gasteiger partial charge < -0.3 is 11.1 Å². The number of carbonyl (C=O) groups excluding carboxylic acids is 1. The van der Waals surface area contributed by atoms with Crippen LogP contribution in [0.5, 0.6) is 0 Å². The van der Waals surface area contributed by atoms with E-state index in [2.05, 4.69) is 11.4 Å². The highest BCUT2D eigenvalue weighted by molar-refractivity contribution is 7.17. The van der Waals surface area contributed by atoms with Crippen molar-refractivity contribution in [3.63, 3.8) is 0 Å². The zero-order chi connectivity index (χ0) is 13.4. The Hall–Kier alpha value is -1.84. The molecule has 2 aromatic rings. The molecule has 0 saturated heterocycles. The minimum atomic E-state index is -0.232. The van der Waals surface area contributed by atoms with Gasteiger partial charge in [0.05, 0.1) is 11.3 Å². The Morgan fingerprint density at radius 2 is 2.32 bits per heavy atom. The minimum absolute atomic E-state index is 0.232. The van der Waals surface area contributed by atoms with Crippen LogP contribution in [-0.2, 0) is 12.8 Å². The van der Waals surface area contributed by atoms with Gasteiger partial charge in [-0.3, -0.25) is 4.79 Å². The van der Waals surface area contributed by atoms with Crippen LogP contribution >= 0.6 is 22.7 Å². The Bertz CT molecular complexity index is 693. The normalized spacial score (nSPS) is 13.0. The highest BCUT2D eigenvalue weighted by atomic mass is 32.1. The zero-order valence-corrected chi connectivity index (χ0v) is 11.7. The number of anilines is 2. The topological polar surface area (TPSA) is 78.9 Å². The van der Waals surface area contributed by atoms with E-state index in [1.807, 2.05) is 0 Å². The van der Waals surface area contributed by atoms with Gasteiger partial charge in [-0.05, 0) is 36.3 Å². The molecule has 0 atom stereocenters. The van der Waals surface area contributed by atoms with Crippen LogP contribution in [0.4, 0.5) is 10.7 Å². The molecule has 0 fully saturated rings. The van der Waals surface area contributed by atoms with E-state index in [9.17, 15) is 10.1 Å². The molecule has 1 amide bonds. The average molecular weight is 289 g/mol. The number of aryl methyl sites for hydroxylation is 1. The summed E-state index contributed by atoms with van der Waals surface area (Å²) in [7, 11) is 0. The molecule has 2 aromatic heterocycles. The van der Waals surface area contributed by atoms with Crippen molar-refractivity contribution in [2.75, 3.05) is 11.1 Å². The van der Waals surface area contributed by atoms with Crippen molar-refractivity contribution in [3.05, 3.63) is 32.3 Å². The zero-order valence-electron chi connectivity index (χ0n) is 10.0. The molecule has 2 heterocycles. The second-order valence-electron chi connectivity index (χ2n) is 4.33. The molecule has 0 unspecified atom stereocenters. The molecule has 19 heavy (non-hydrogen) atoms. The monoisotopic (exact) mass is 289 g/mol. The fraction of sp³-hybridized carbons (Fsp3) is 0.231. The number of carbonyl (C=O) groups is 1. The van der Waals surface area contributed by atoms with Gasteiger partial charge in [0.25, 0.3) is 5.91 Å². The summed E-state index contributed by atoms with van der Waals surface area (Å²) in [6.45, 7) is 0. The molecule has 0 aromatic carbocycles. The number of amides is 1. The largest absolute Gasteiger partial charge is 0.397 e. The van der Waals surface area contributed by atoms with Crippen LogP contribution < -0.4 is 11.1 Å². The van der Waals surface area contributed by atoms with Crippen LogP contribution in [0.1, 0.15) is 32.1 Å². The maximum atomic E-state index is 12.1. The molecule has 0 spiro atoms. The molecule has 1 aliphatic carbocycles. The van der Waals surface area contributed by atoms with Gasteiger partial charge in [0.15, 0.2) is 0 Å². The summed E-state index contributed by atoms with van der Waals surface area (Å²) in [5.74, 6) is -0.232. The van der Waals surface area contributed by atoms with Crippen LogP contribution in [0.2, 0.25) is 0 Å². The maximum Gasteiger partial charge on any atom is 0.268 e. The highest BCUT2D eigenvalue weighted by Gasteiger charge is 2.23. The molecule has 4 nitrogen and oxygen atoms in total. The first-order valence-electron chi connectivity index (χ1n) is 5.89. The van der Waals surface area contributed by atoms with Gasteiger partial charge in [0.1, 0.15) is 15.9 Å². The Kier molecular flexibility index (Phi) is 3.01. The van der Waals surface area contributed by atoms with Crippen molar-refractivity contribution in [1.29, 1.82) is 5.26 Å². The minimum Gasteiger partial charge on any atom is -0.397 e. The maximum absolute atomic E-state index is 12.1. The van der Waals surface area contributed by atoms with E-state index < -0.39 is 0 Å². The lowest BCUT2D eigenvalue weighted by atomic mass is 10.1. The molecular formula is C13H11N3OS2. The van der Waals surface area contributed by atoms with E-state index >= 15 is 0 Å². The van der Waals surface area contributed by atoms with Crippen molar-refractivity contribution < 1.29 is 4.79 Å². The number of hydrogen-bond acceptors (Lipinski definition) is 5. The van der Waals surface area contributed by atoms with Crippen molar-refractivity contribution >= 4 is 39.3 Å². The number of nitrogens with one attached hydrogen (secondary N) is 1. The quantitative estimate of drug-likeness (QED) is 0.892.